The highest BCUT2D eigenvalue weighted by molar-refractivity contribution is 6.08. The summed E-state index contributed by atoms with van der Waals surface area (Å²) < 4.78 is 35.7. The largest absolute Gasteiger partial charge is 0.494 e. The maximum absolute atomic E-state index is 14.5. The summed E-state index contributed by atoms with van der Waals surface area (Å²) in [5.74, 6) is 0.724. The van der Waals surface area contributed by atoms with E-state index < -0.39 is 5.82 Å². The SMILES string of the molecule is COc1cc(N/C=C\C(=O)c2ccccc2N)c(/C=C\c2cc(OC)c(OC)c(OC)c2)cc1F. The van der Waals surface area contributed by atoms with E-state index in [1.165, 1.54) is 52.8 Å². The maximum atomic E-state index is 14.5. The number of nitrogens with two attached hydrogens (primary N) is 1. The van der Waals surface area contributed by atoms with E-state index in [1.807, 2.05) is 0 Å². The maximum Gasteiger partial charge on any atom is 0.203 e. The van der Waals surface area contributed by atoms with Gasteiger partial charge in [-0.3, -0.25) is 4.79 Å². The molecule has 0 aliphatic rings. The van der Waals surface area contributed by atoms with Gasteiger partial charge in [0.05, 0.1) is 28.4 Å². The number of methoxy groups -OCH3 is 4. The fourth-order valence-electron chi connectivity index (χ4n) is 3.39. The van der Waals surface area contributed by atoms with Gasteiger partial charge in [0.1, 0.15) is 0 Å². The third-order valence-corrected chi connectivity index (χ3v) is 5.17. The van der Waals surface area contributed by atoms with Crippen LogP contribution in [-0.4, -0.2) is 34.2 Å². The summed E-state index contributed by atoms with van der Waals surface area (Å²) in [6.45, 7) is 0. The zero-order valence-electron chi connectivity index (χ0n) is 19.9. The second-order valence-corrected chi connectivity index (χ2v) is 7.30. The number of nitrogen functional groups attached to an aromatic ring is 1. The Kier molecular flexibility index (Phi) is 8.34. The van der Waals surface area contributed by atoms with Crippen molar-refractivity contribution < 1.29 is 28.1 Å². The zero-order chi connectivity index (χ0) is 25.4. The summed E-state index contributed by atoms with van der Waals surface area (Å²) in [7, 11) is 5.97. The van der Waals surface area contributed by atoms with Crippen LogP contribution in [0.15, 0.2) is 60.8 Å². The summed E-state index contributed by atoms with van der Waals surface area (Å²) in [5, 5.41) is 3.03. The van der Waals surface area contributed by atoms with Crippen LogP contribution in [-0.2, 0) is 0 Å². The molecule has 35 heavy (non-hydrogen) atoms. The van der Waals surface area contributed by atoms with Crippen molar-refractivity contribution in [2.45, 2.75) is 0 Å². The molecule has 0 aliphatic carbocycles. The number of allylic oxidation sites excluding steroid dienone is 1. The van der Waals surface area contributed by atoms with Crippen molar-refractivity contribution in [1.82, 2.24) is 0 Å². The van der Waals surface area contributed by atoms with E-state index in [0.29, 0.717) is 39.8 Å². The molecule has 0 heterocycles. The molecule has 3 aromatic carbocycles. The predicted molar refractivity (Wildman–Crippen MR) is 136 cm³/mol. The van der Waals surface area contributed by atoms with Crippen molar-refractivity contribution in [2.75, 3.05) is 39.5 Å². The van der Waals surface area contributed by atoms with Crippen LogP contribution >= 0.6 is 0 Å². The van der Waals surface area contributed by atoms with E-state index in [0.717, 1.165) is 5.56 Å². The average molecular weight is 479 g/mol. The number of rotatable bonds is 10. The van der Waals surface area contributed by atoms with Crippen LogP contribution in [0.1, 0.15) is 21.5 Å². The summed E-state index contributed by atoms with van der Waals surface area (Å²) in [4.78, 5) is 12.5. The second-order valence-electron chi connectivity index (χ2n) is 7.30. The number of nitrogens with one attached hydrogen (secondary N) is 1. The fourth-order valence-corrected chi connectivity index (χ4v) is 3.39. The smallest absolute Gasteiger partial charge is 0.203 e. The Balaban J connectivity index is 1.92. The molecule has 0 bridgehead atoms. The Labute approximate surface area is 203 Å². The van der Waals surface area contributed by atoms with Gasteiger partial charge in [-0.1, -0.05) is 24.3 Å². The molecule has 0 amide bonds. The van der Waals surface area contributed by atoms with E-state index in [4.69, 9.17) is 24.7 Å². The predicted octanol–water partition coefficient (Wildman–Crippen LogP) is 5.42. The molecular formula is C27H27FN2O5. The van der Waals surface area contributed by atoms with Gasteiger partial charge < -0.3 is 30.0 Å². The zero-order valence-corrected chi connectivity index (χ0v) is 19.9. The third-order valence-electron chi connectivity index (χ3n) is 5.17. The van der Waals surface area contributed by atoms with Gasteiger partial charge in [0.15, 0.2) is 28.8 Å². The van der Waals surface area contributed by atoms with Crippen LogP contribution in [0.2, 0.25) is 0 Å². The Morgan fingerprint density at radius 2 is 1.54 bits per heavy atom. The van der Waals surface area contributed by atoms with E-state index in [2.05, 4.69) is 5.32 Å². The number of carbonyl (C=O) groups excluding carboxylic acids is 1. The first-order chi connectivity index (χ1) is 16.9. The molecule has 7 nitrogen and oxygen atoms in total. The summed E-state index contributed by atoms with van der Waals surface area (Å²) in [6.07, 6.45) is 6.32. The molecule has 0 spiro atoms. The van der Waals surface area contributed by atoms with E-state index in [-0.39, 0.29) is 11.5 Å². The molecule has 3 N–H and O–H groups in total. The lowest BCUT2D eigenvalue weighted by atomic mass is 10.1. The minimum Gasteiger partial charge on any atom is -0.494 e. The summed E-state index contributed by atoms with van der Waals surface area (Å²) in [5.41, 5.74) is 8.44. The van der Waals surface area contributed by atoms with Gasteiger partial charge >= 0.3 is 0 Å². The van der Waals surface area contributed by atoms with E-state index in [9.17, 15) is 9.18 Å². The van der Waals surface area contributed by atoms with E-state index in [1.54, 1.807) is 48.6 Å². The number of hydrogen-bond acceptors (Lipinski definition) is 7. The molecule has 0 fully saturated rings. The standard InChI is InChI=1S/C27H27FN2O5/c1-32-24-16-22(30-12-11-23(31)19-7-5-6-8-21(19)29)18(15-20(24)28)10-9-17-13-25(33-2)27(35-4)26(14-17)34-3/h5-16,30H,29H2,1-4H3/b10-9-,12-11-. The van der Waals surface area contributed by atoms with Crippen LogP contribution in [0, 0.1) is 5.82 Å². The number of anilines is 2. The number of ketones is 1. The first-order valence-corrected chi connectivity index (χ1v) is 10.6. The van der Waals surface area contributed by atoms with Crippen molar-refractivity contribution in [1.29, 1.82) is 0 Å². The van der Waals surface area contributed by atoms with Gasteiger partial charge in [0.2, 0.25) is 5.75 Å². The molecule has 3 aromatic rings. The van der Waals surface area contributed by atoms with Crippen LogP contribution in [0.4, 0.5) is 15.8 Å². The van der Waals surface area contributed by atoms with Gasteiger partial charge in [-0.05, 0) is 35.9 Å². The van der Waals surface area contributed by atoms with Gasteiger partial charge in [-0.25, -0.2) is 4.39 Å². The average Bonchev–Trinajstić information content (AvgIpc) is 2.87. The molecule has 8 heteroatoms. The van der Waals surface area contributed by atoms with Crippen molar-refractivity contribution in [3.05, 3.63) is 83.3 Å². The number of para-hydroxylation sites is 1. The first kappa shape index (κ1) is 25.2. The van der Waals surface area contributed by atoms with Gasteiger partial charge in [0.25, 0.3) is 0 Å². The normalized spacial score (nSPS) is 11.0. The molecule has 0 aliphatic heterocycles. The molecule has 0 atom stereocenters. The Morgan fingerprint density at radius 1 is 0.886 bits per heavy atom. The quantitative estimate of drug-likeness (QED) is 0.174. The summed E-state index contributed by atoms with van der Waals surface area (Å²) in [6, 6.07) is 13.2. The number of hydrogen-bond donors (Lipinski definition) is 2. The lowest BCUT2D eigenvalue weighted by molar-refractivity contribution is 0.104. The molecule has 0 unspecified atom stereocenters. The van der Waals surface area contributed by atoms with Crippen molar-refractivity contribution in [3.8, 4) is 23.0 Å². The molecule has 182 valence electrons. The van der Waals surface area contributed by atoms with Crippen molar-refractivity contribution in [2.24, 2.45) is 0 Å². The molecule has 0 saturated heterocycles. The minimum absolute atomic E-state index is 0.0597. The summed E-state index contributed by atoms with van der Waals surface area (Å²) >= 11 is 0. The topological polar surface area (TPSA) is 92.0 Å². The van der Waals surface area contributed by atoms with Crippen LogP contribution in [0.25, 0.3) is 12.2 Å². The Hall–Kier alpha value is -4.46. The van der Waals surface area contributed by atoms with E-state index >= 15 is 0 Å². The fraction of sp³-hybridized carbons (Fsp3) is 0.148. The first-order valence-electron chi connectivity index (χ1n) is 10.6. The lowest BCUT2D eigenvalue weighted by Crippen LogP contribution is -2.01. The van der Waals surface area contributed by atoms with Crippen molar-refractivity contribution in [3.63, 3.8) is 0 Å². The Bertz CT molecular complexity index is 1250. The molecule has 0 saturated carbocycles. The number of carbonyl (C=O) groups is 1. The highest BCUT2D eigenvalue weighted by atomic mass is 19.1. The number of ether oxygens (including phenoxy) is 4. The minimum atomic E-state index is -0.528. The van der Waals surface area contributed by atoms with Crippen LogP contribution in [0.3, 0.4) is 0 Å². The van der Waals surface area contributed by atoms with Gasteiger partial charge in [-0.15, -0.1) is 0 Å². The molecule has 0 aromatic heterocycles. The third kappa shape index (κ3) is 5.92. The Morgan fingerprint density at radius 3 is 2.14 bits per heavy atom. The molecular weight excluding hydrogens is 451 g/mol. The molecule has 0 radical (unpaired) electrons. The monoisotopic (exact) mass is 478 g/mol. The number of benzene rings is 3. The number of halogens is 1. The second kappa shape index (κ2) is 11.6. The highest BCUT2D eigenvalue weighted by Crippen LogP contribution is 2.39. The van der Waals surface area contributed by atoms with Gasteiger partial charge in [0, 0.05) is 40.8 Å². The lowest BCUT2D eigenvalue weighted by Gasteiger charge is -2.13. The van der Waals surface area contributed by atoms with Crippen molar-refractivity contribution >= 4 is 29.3 Å². The van der Waals surface area contributed by atoms with Crippen LogP contribution in [0.5, 0.6) is 23.0 Å². The highest BCUT2D eigenvalue weighted by Gasteiger charge is 2.13. The van der Waals surface area contributed by atoms with Gasteiger partial charge in [-0.2, -0.15) is 0 Å². The molecule has 3 rings (SSSR count). The van der Waals surface area contributed by atoms with Crippen LogP contribution < -0.4 is 30.0 Å².